The average molecular weight is 572 g/mol. The molecule has 210 valence electrons. The second kappa shape index (κ2) is 10.4. The predicted molar refractivity (Wildman–Crippen MR) is 191 cm³/mol. The summed E-state index contributed by atoms with van der Waals surface area (Å²) in [6, 6.07) is 63.9. The van der Waals surface area contributed by atoms with Gasteiger partial charge in [-0.15, -0.1) is 0 Å². The van der Waals surface area contributed by atoms with Crippen LogP contribution in [0.15, 0.2) is 176 Å². The second-order valence-corrected chi connectivity index (χ2v) is 11.8. The van der Waals surface area contributed by atoms with E-state index in [4.69, 9.17) is 0 Å². The average Bonchev–Trinajstić information content (AvgIpc) is 3.47. The molecule has 1 heteroatoms. The van der Waals surface area contributed by atoms with Crippen molar-refractivity contribution in [1.29, 1.82) is 0 Å². The molecule has 0 aliphatic rings. The van der Waals surface area contributed by atoms with E-state index in [1.54, 1.807) is 0 Å². The fraction of sp³-hybridized carbons (Fsp3) is 0. The first-order valence-electron chi connectivity index (χ1n) is 15.5. The first-order chi connectivity index (χ1) is 22.3. The van der Waals surface area contributed by atoms with Crippen molar-refractivity contribution in [3.05, 3.63) is 176 Å². The summed E-state index contributed by atoms with van der Waals surface area (Å²) in [5.41, 5.74) is 13.4. The van der Waals surface area contributed by atoms with Crippen molar-refractivity contribution >= 4 is 32.6 Å². The van der Waals surface area contributed by atoms with Crippen molar-refractivity contribution in [2.45, 2.75) is 0 Å². The lowest BCUT2D eigenvalue weighted by Crippen LogP contribution is -1.93. The van der Waals surface area contributed by atoms with E-state index in [1.807, 2.05) is 0 Å². The number of rotatable bonds is 5. The molecule has 0 amide bonds. The van der Waals surface area contributed by atoms with Crippen LogP contribution in [0, 0.1) is 0 Å². The van der Waals surface area contributed by atoms with Gasteiger partial charge in [0.1, 0.15) is 0 Å². The van der Waals surface area contributed by atoms with Gasteiger partial charge in [0.2, 0.25) is 0 Å². The fourth-order valence-electron chi connectivity index (χ4n) is 6.96. The Morgan fingerprint density at radius 3 is 1.31 bits per heavy atom. The molecule has 45 heavy (non-hydrogen) atoms. The number of benzene rings is 8. The molecule has 0 saturated heterocycles. The summed E-state index contributed by atoms with van der Waals surface area (Å²) in [5.74, 6) is 0. The van der Waals surface area contributed by atoms with Gasteiger partial charge in [-0.25, -0.2) is 0 Å². The predicted octanol–water partition coefficient (Wildman–Crippen LogP) is 12.0. The molecule has 0 atom stereocenters. The highest BCUT2D eigenvalue weighted by atomic mass is 15.0. The zero-order chi connectivity index (χ0) is 29.7. The highest BCUT2D eigenvalue weighted by molar-refractivity contribution is 6.25. The number of hydrogen-bond donors (Lipinski definition) is 0. The van der Waals surface area contributed by atoms with Gasteiger partial charge in [0.05, 0.1) is 11.0 Å². The number of aromatic nitrogens is 1. The molecule has 1 aromatic heterocycles. The van der Waals surface area contributed by atoms with Crippen molar-refractivity contribution < 1.29 is 0 Å². The van der Waals surface area contributed by atoms with Crippen LogP contribution in [0.4, 0.5) is 0 Å². The third-order valence-corrected chi connectivity index (χ3v) is 9.11. The van der Waals surface area contributed by atoms with Crippen LogP contribution in [0.3, 0.4) is 0 Å². The molecular formula is C44H29N. The summed E-state index contributed by atoms with van der Waals surface area (Å²) in [6.45, 7) is 0. The van der Waals surface area contributed by atoms with Crippen LogP contribution in [0.2, 0.25) is 0 Å². The van der Waals surface area contributed by atoms with E-state index in [1.165, 1.54) is 82.8 Å². The Bertz CT molecular complexity index is 2380. The normalized spacial score (nSPS) is 11.6. The smallest absolute Gasteiger partial charge is 0.0553 e. The summed E-state index contributed by atoms with van der Waals surface area (Å²) in [5, 5.41) is 5.22. The van der Waals surface area contributed by atoms with Crippen LogP contribution in [-0.4, -0.2) is 4.57 Å². The lowest BCUT2D eigenvalue weighted by molar-refractivity contribution is 1.18. The minimum absolute atomic E-state index is 1.18. The van der Waals surface area contributed by atoms with Gasteiger partial charge >= 0.3 is 0 Å². The SMILES string of the molecule is c1ccc(-c2cc(-c3ccccc3)cc(-c3ccc(-c4cc5ccc6cccc7c6c5c(c4)n7-c4ccccc4)cc3)c2)cc1. The topological polar surface area (TPSA) is 4.93 Å². The first kappa shape index (κ1) is 25.6. The first-order valence-corrected chi connectivity index (χ1v) is 15.5. The maximum atomic E-state index is 2.42. The van der Waals surface area contributed by atoms with E-state index in [0.29, 0.717) is 0 Å². The Morgan fingerprint density at radius 2 is 0.733 bits per heavy atom. The molecule has 0 saturated carbocycles. The maximum absolute atomic E-state index is 2.42. The van der Waals surface area contributed by atoms with Crippen molar-refractivity contribution in [3.8, 4) is 50.2 Å². The van der Waals surface area contributed by atoms with Crippen LogP contribution in [-0.2, 0) is 0 Å². The van der Waals surface area contributed by atoms with E-state index < -0.39 is 0 Å². The van der Waals surface area contributed by atoms with Gasteiger partial charge < -0.3 is 4.57 Å². The quantitative estimate of drug-likeness (QED) is 0.181. The molecule has 1 nitrogen and oxygen atoms in total. The molecule has 0 fully saturated rings. The number of para-hydroxylation sites is 1. The molecule has 8 aromatic carbocycles. The van der Waals surface area contributed by atoms with Crippen LogP contribution in [0.1, 0.15) is 0 Å². The maximum Gasteiger partial charge on any atom is 0.0553 e. The van der Waals surface area contributed by atoms with Gasteiger partial charge in [0.15, 0.2) is 0 Å². The van der Waals surface area contributed by atoms with Gasteiger partial charge in [-0.2, -0.15) is 0 Å². The van der Waals surface area contributed by atoms with Crippen molar-refractivity contribution in [3.63, 3.8) is 0 Å². The third kappa shape index (κ3) is 4.32. The summed E-state index contributed by atoms with van der Waals surface area (Å²) >= 11 is 0. The Balaban J connectivity index is 1.18. The van der Waals surface area contributed by atoms with E-state index in [-0.39, 0.29) is 0 Å². The molecule has 0 aliphatic carbocycles. The standard InChI is InChI=1S/C44H29N/c1-4-11-30(12-5-1)36-26-37(31-13-6-2-7-14-31)28-38(27-36)32-19-21-33(22-20-32)39-25-35-24-23-34-15-10-18-41-43(34)44(35)42(29-39)45(41)40-16-8-3-9-17-40/h1-29H. The molecule has 0 aliphatic heterocycles. The van der Waals surface area contributed by atoms with Gasteiger partial charge in [-0.1, -0.05) is 127 Å². The summed E-state index contributed by atoms with van der Waals surface area (Å²) in [6.07, 6.45) is 0. The zero-order valence-electron chi connectivity index (χ0n) is 24.7. The van der Waals surface area contributed by atoms with Crippen LogP contribution in [0.5, 0.6) is 0 Å². The molecule has 0 unspecified atom stereocenters. The minimum atomic E-state index is 1.18. The molecular weight excluding hydrogens is 542 g/mol. The lowest BCUT2D eigenvalue weighted by atomic mass is 9.92. The zero-order valence-corrected chi connectivity index (χ0v) is 24.7. The highest BCUT2D eigenvalue weighted by Gasteiger charge is 2.18. The number of nitrogens with zero attached hydrogens (tertiary/aromatic N) is 1. The Kier molecular flexibility index (Phi) is 5.89. The molecule has 1 heterocycles. The molecule has 0 spiro atoms. The second-order valence-electron chi connectivity index (χ2n) is 11.8. The van der Waals surface area contributed by atoms with E-state index >= 15 is 0 Å². The highest BCUT2D eigenvalue weighted by Crippen LogP contribution is 2.41. The Morgan fingerprint density at radius 1 is 0.267 bits per heavy atom. The summed E-state index contributed by atoms with van der Waals surface area (Å²) in [7, 11) is 0. The molecule has 0 radical (unpaired) electrons. The Hall–Kier alpha value is -5.92. The largest absolute Gasteiger partial charge is 0.309 e. The number of hydrogen-bond acceptors (Lipinski definition) is 0. The monoisotopic (exact) mass is 571 g/mol. The summed E-state index contributed by atoms with van der Waals surface area (Å²) in [4.78, 5) is 0. The molecule has 9 rings (SSSR count). The molecule has 9 aromatic rings. The van der Waals surface area contributed by atoms with Crippen LogP contribution < -0.4 is 0 Å². The lowest BCUT2D eigenvalue weighted by Gasteiger charge is -2.12. The van der Waals surface area contributed by atoms with Crippen LogP contribution >= 0.6 is 0 Å². The Labute approximate surface area is 262 Å². The fourth-order valence-corrected chi connectivity index (χ4v) is 6.96. The van der Waals surface area contributed by atoms with Gasteiger partial charge in [0, 0.05) is 16.5 Å². The van der Waals surface area contributed by atoms with Crippen molar-refractivity contribution in [2.75, 3.05) is 0 Å². The minimum Gasteiger partial charge on any atom is -0.309 e. The van der Waals surface area contributed by atoms with Crippen LogP contribution in [0.25, 0.3) is 82.8 Å². The van der Waals surface area contributed by atoms with Gasteiger partial charge in [-0.05, 0) is 104 Å². The third-order valence-electron chi connectivity index (χ3n) is 9.11. The summed E-state index contributed by atoms with van der Waals surface area (Å²) < 4.78 is 2.42. The van der Waals surface area contributed by atoms with E-state index in [9.17, 15) is 0 Å². The van der Waals surface area contributed by atoms with Crippen molar-refractivity contribution in [1.82, 2.24) is 4.57 Å². The van der Waals surface area contributed by atoms with Crippen molar-refractivity contribution in [2.24, 2.45) is 0 Å². The van der Waals surface area contributed by atoms with E-state index in [0.717, 1.165) is 0 Å². The van der Waals surface area contributed by atoms with Gasteiger partial charge in [-0.3, -0.25) is 0 Å². The molecule has 0 N–H and O–H groups in total. The molecule has 0 bridgehead atoms. The van der Waals surface area contributed by atoms with Gasteiger partial charge in [0.25, 0.3) is 0 Å². The van der Waals surface area contributed by atoms with E-state index in [2.05, 4.69) is 180 Å².